The lowest BCUT2D eigenvalue weighted by Crippen LogP contribution is -2.65. The summed E-state index contributed by atoms with van der Waals surface area (Å²) in [7, 11) is 3.07. The van der Waals surface area contributed by atoms with Crippen molar-refractivity contribution in [3.63, 3.8) is 0 Å². The Morgan fingerprint density at radius 3 is 2.58 bits per heavy atom. The monoisotopic (exact) mass is 505 g/mol. The van der Waals surface area contributed by atoms with E-state index in [-0.39, 0.29) is 42.9 Å². The molecule has 0 aliphatic heterocycles. The zero-order valence-corrected chi connectivity index (χ0v) is 19.7. The minimum absolute atomic E-state index is 0.00730. The molecule has 36 heavy (non-hydrogen) atoms. The second-order valence-corrected chi connectivity index (χ2v) is 9.42. The predicted molar refractivity (Wildman–Crippen MR) is 123 cm³/mol. The molecule has 11 nitrogen and oxygen atoms in total. The molecule has 0 aromatic heterocycles. The number of Topliss-reactive ketones (excluding diaryl/α,β-unsaturated/α-hetero) is 2. The van der Waals surface area contributed by atoms with Gasteiger partial charge in [0.1, 0.15) is 29.5 Å². The van der Waals surface area contributed by atoms with Crippen molar-refractivity contribution in [3.05, 3.63) is 45.7 Å². The third-order valence-electron chi connectivity index (χ3n) is 7.25. The largest absolute Gasteiger partial charge is 0.508 e. The first kappa shape index (κ1) is 25.8. The van der Waals surface area contributed by atoms with E-state index in [1.807, 2.05) is 0 Å². The molecule has 1 saturated carbocycles. The zero-order valence-electron chi connectivity index (χ0n) is 19.7. The summed E-state index contributed by atoms with van der Waals surface area (Å²) in [4.78, 5) is 45.2. The number of hydroxylamine groups is 1. The van der Waals surface area contributed by atoms with Crippen LogP contribution in [0.25, 0.3) is 5.76 Å². The fraction of sp³-hybridized carbons (Fsp3) is 0.458. The number of nitrogens with one attached hydrogen (secondary N) is 1. The number of likely N-dealkylation sites (N-methyl/N-ethyl adjacent to an activating group) is 1. The maximum absolute atomic E-state index is 13.7. The fourth-order valence-corrected chi connectivity index (χ4v) is 5.71. The van der Waals surface area contributed by atoms with Crippen molar-refractivity contribution in [2.75, 3.05) is 27.4 Å². The standard InChI is InChI=1S/C24H28FN3O8/c1-28(2)18-13-8-11-7-12-10(9-27-36-6-5-25)3-4-14(29)16(12)19(30)15(11)21(32)24(13,35)22(33)17(20(18)31)23(26)34/h3-4,11,13,18,27,29-30,33,35H,5-9H2,1-2H3,(H2,26,34)/t11-,13-,18-,24-/m0/s1. The first-order valence-electron chi connectivity index (χ1n) is 11.4. The van der Waals surface area contributed by atoms with E-state index in [1.54, 1.807) is 6.07 Å². The number of phenolic OH excluding ortho intramolecular Hbond substituents is 1. The SMILES string of the molecule is CN(C)[C@@H]1C(=O)C(C(N)=O)=C(O)[C@@]2(O)C(=O)C3=C(O)c4c(O)ccc(CNOCCF)c4C[C@H]3C[C@@H]12. The van der Waals surface area contributed by atoms with Crippen LogP contribution in [0.15, 0.2) is 29.0 Å². The molecule has 0 saturated heterocycles. The molecule has 4 rings (SSSR count). The van der Waals surface area contributed by atoms with E-state index in [2.05, 4.69) is 5.48 Å². The molecule has 1 fully saturated rings. The summed E-state index contributed by atoms with van der Waals surface area (Å²) >= 11 is 0. The molecule has 7 N–H and O–H groups in total. The number of ketones is 2. The van der Waals surface area contributed by atoms with E-state index in [0.29, 0.717) is 11.1 Å². The first-order valence-corrected chi connectivity index (χ1v) is 11.4. The number of rotatable bonds is 7. The van der Waals surface area contributed by atoms with Crippen molar-refractivity contribution in [3.8, 4) is 5.75 Å². The Morgan fingerprint density at radius 1 is 1.28 bits per heavy atom. The normalized spacial score (nSPS) is 27.8. The van der Waals surface area contributed by atoms with E-state index >= 15 is 0 Å². The summed E-state index contributed by atoms with van der Waals surface area (Å²) in [6.07, 6.45) is 0.149. The van der Waals surface area contributed by atoms with Crippen LogP contribution in [0.3, 0.4) is 0 Å². The van der Waals surface area contributed by atoms with Gasteiger partial charge in [0.2, 0.25) is 5.78 Å². The van der Waals surface area contributed by atoms with E-state index in [1.165, 1.54) is 25.1 Å². The number of fused-ring (bicyclic) bond motifs is 3. The molecule has 1 aromatic rings. The van der Waals surface area contributed by atoms with Gasteiger partial charge in [-0.15, -0.1) is 0 Å². The van der Waals surface area contributed by atoms with Crippen molar-refractivity contribution >= 4 is 23.2 Å². The number of halogens is 1. The number of amides is 1. The van der Waals surface area contributed by atoms with Gasteiger partial charge >= 0.3 is 0 Å². The van der Waals surface area contributed by atoms with Gasteiger partial charge in [0.25, 0.3) is 5.91 Å². The van der Waals surface area contributed by atoms with Crippen LogP contribution in [0.4, 0.5) is 4.39 Å². The van der Waals surface area contributed by atoms with Gasteiger partial charge in [-0.1, -0.05) is 6.07 Å². The maximum Gasteiger partial charge on any atom is 0.255 e. The number of carbonyl (C=O) groups excluding carboxylic acids is 3. The van der Waals surface area contributed by atoms with Gasteiger partial charge in [0.15, 0.2) is 11.4 Å². The van der Waals surface area contributed by atoms with Crippen molar-refractivity contribution in [1.82, 2.24) is 10.4 Å². The number of hydrogen-bond donors (Lipinski definition) is 6. The molecule has 4 atom stereocenters. The third kappa shape index (κ3) is 3.68. The molecule has 0 heterocycles. The number of primary amides is 1. The second kappa shape index (κ2) is 9.28. The summed E-state index contributed by atoms with van der Waals surface area (Å²) in [5, 5.41) is 44.0. The van der Waals surface area contributed by atoms with Gasteiger partial charge in [-0.3, -0.25) is 24.1 Å². The summed E-state index contributed by atoms with van der Waals surface area (Å²) in [5.41, 5.74) is 5.25. The van der Waals surface area contributed by atoms with Crippen LogP contribution in [0.5, 0.6) is 5.75 Å². The highest BCUT2D eigenvalue weighted by Crippen LogP contribution is 2.52. The molecule has 1 aromatic carbocycles. The van der Waals surface area contributed by atoms with E-state index in [0.717, 1.165) is 0 Å². The van der Waals surface area contributed by atoms with Gasteiger partial charge in [-0.2, -0.15) is 5.48 Å². The molecule has 0 unspecified atom stereocenters. The summed E-state index contributed by atoms with van der Waals surface area (Å²) in [5.74, 6) is -7.02. The quantitative estimate of drug-likeness (QED) is 0.167. The first-order chi connectivity index (χ1) is 17.0. The smallest absolute Gasteiger partial charge is 0.255 e. The molecular weight excluding hydrogens is 477 g/mol. The molecule has 3 aliphatic carbocycles. The predicted octanol–water partition coefficient (Wildman–Crippen LogP) is -0.0453. The zero-order chi connectivity index (χ0) is 26.5. The number of nitrogens with two attached hydrogens (primary N) is 1. The molecule has 194 valence electrons. The molecule has 12 heteroatoms. The minimum Gasteiger partial charge on any atom is -0.508 e. The van der Waals surface area contributed by atoms with E-state index in [4.69, 9.17) is 10.6 Å². The fourth-order valence-electron chi connectivity index (χ4n) is 5.71. The number of aliphatic hydroxyl groups is 3. The van der Waals surface area contributed by atoms with Crippen LogP contribution >= 0.6 is 0 Å². The van der Waals surface area contributed by atoms with Crippen LogP contribution in [0.1, 0.15) is 23.1 Å². The van der Waals surface area contributed by atoms with Crippen molar-refractivity contribution < 1.29 is 44.0 Å². The summed E-state index contributed by atoms with van der Waals surface area (Å²) < 4.78 is 12.3. The van der Waals surface area contributed by atoms with Crippen LogP contribution in [-0.4, -0.2) is 81.8 Å². The Kier molecular flexibility index (Phi) is 6.64. The van der Waals surface area contributed by atoms with Crippen molar-refractivity contribution in [1.29, 1.82) is 0 Å². The number of hydrogen-bond acceptors (Lipinski definition) is 10. The third-order valence-corrected chi connectivity index (χ3v) is 7.25. The number of aliphatic hydroxyl groups excluding tert-OH is 2. The van der Waals surface area contributed by atoms with Crippen molar-refractivity contribution in [2.24, 2.45) is 17.6 Å². The molecule has 0 radical (unpaired) electrons. The Morgan fingerprint density at radius 2 is 1.97 bits per heavy atom. The molecule has 3 aliphatic rings. The lowest BCUT2D eigenvalue weighted by molar-refractivity contribution is -0.153. The van der Waals surface area contributed by atoms with Gasteiger partial charge in [-0.25, -0.2) is 4.39 Å². The second-order valence-electron chi connectivity index (χ2n) is 9.42. The van der Waals surface area contributed by atoms with Gasteiger partial charge < -0.3 is 26.2 Å². The maximum atomic E-state index is 13.7. The van der Waals surface area contributed by atoms with Crippen LogP contribution in [0.2, 0.25) is 0 Å². The number of carbonyl (C=O) groups is 3. The topological polar surface area (TPSA) is 183 Å². The Hall–Kier alpha value is -3.32. The highest BCUT2D eigenvalue weighted by atomic mass is 19.1. The summed E-state index contributed by atoms with van der Waals surface area (Å²) in [6.45, 7) is -0.743. The van der Waals surface area contributed by atoms with Crippen LogP contribution in [0, 0.1) is 11.8 Å². The molecule has 0 bridgehead atoms. The minimum atomic E-state index is -2.68. The average molecular weight is 505 g/mol. The Labute approximate surface area is 205 Å². The van der Waals surface area contributed by atoms with Gasteiger partial charge in [-0.05, 0) is 50.0 Å². The van der Waals surface area contributed by atoms with Gasteiger partial charge in [0.05, 0.1) is 18.2 Å². The van der Waals surface area contributed by atoms with Gasteiger partial charge in [0, 0.05) is 18.0 Å². The number of alkyl halides is 1. The van der Waals surface area contributed by atoms with E-state index in [9.17, 15) is 39.2 Å². The number of benzene rings is 1. The Bertz CT molecular complexity index is 1210. The number of aromatic hydroxyl groups is 1. The highest BCUT2D eigenvalue weighted by molar-refractivity contribution is 6.24. The molecule has 1 amide bonds. The lowest BCUT2D eigenvalue weighted by atomic mass is 9.57. The summed E-state index contributed by atoms with van der Waals surface area (Å²) in [6, 6.07) is 1.76. The lowest BCUT2D eigenvalue weighted by Gasteiger charge is -2.50. The molecular formula is C24H28FN3O8. The highest BCUT2D eigenvalue weighted by Gasteiger charge is 2.64. The van der Waals surface area contributed by atoms with Crippen molar-refractivity contribution in [2.45, 2.75) is 31.0 Å². The molecule has 0 spiro atoms. The number of phenols is 1. The van der Waals surface area contributed by atoms with E-state index < -0.39 is 64.7 Å². The van der Waals surface area contributed by atoms with Crippen LogP contribution < -0.4 is 11.2 Å². The number of nitrogens with zero attached hydrogens (tertiary/aromatic N) is 1. The average Bonchev–Trinajstić information content (AvgIpc) is 2.80. The Balaban J connectivity index is 1.86. The van der Waals surface area contributed by atoms with Crippen LogP contribution in [-0.2, 0) is 32.2 Å².